The fourth-order valence-electron chi connectivity index (χ4n) is 2.68. The molecule has 0 amide bonds. The highest BCUT2D eigenvalue weighted by Gasteiger charge is 2.10. The lowest BCUT2D eigenvalue weighted by atomic mass is 10.1. The summed E-state index contributed by atoms with van der Waals surface area (Å²) in [5.74, 6) is 0. The molecule has 1 aromatic carbocycles. The van der Waals surface area contributed by atoms with Crippen molar-refractivity contribution < 1.29 is 5.11 Å². The van der Waals surface area contributed by atoms with Gasteiger partial charge in [0.15, 0.2) is 0 Å². The number of aryl methyl sites for hydroxylation is 2. The number of hydrogen-bond acceptors (Lipinski definition) is 2. The van der Waals surface area contributed by atoms with Gasteiger partial charge in [-0.25, -0.2) is 0 Å². The van der Waals surface area contributed by atoms with E-state index in [9.17, 15) is 0 Å². The summed E-state index contributed by atoms with van der Waals surface area (Å²) in [7, 11) is 0. The second-order valence-electron chi connectivity index (χ2n) is 5.27. The third kappa shape index (κ3) is 4.11. The maximum Gasteiger partial charge on any atom is 0.0431 e. The van der Waals surface area contributed by atoms with Gasteiger partial charge in [0.05, 0.1) is 0 Å². The molecule has 0 spiro atoms. The largest absolute Gasteiger partial charge is 0.396 e. The summed E-state index contributed by atoms with van der Waals surface area (Å²) in [6, 6.07) is 6.95. The molecule has 100 valence electrons. The molecule has 2 heteroatoms. The molecule has 0 saturated carbocycles. The zero-order valence-electron chi connectivity index (χ0n) is 11.3. The zero-order valence-corrected chi connectivity index (χ0v) is 11.3. The number of rotatable bonds is 8. The molecule has 0 fully saturated rings. The third-order valence-corrected chi connectivity index (χ3v) is 3.75. The van der Waals surface area contributed by atoms with Crippen LogP contribution in [0.3, 0.4) is 0 Å². The van der Waals surface area contributed by atoms with Crippen molar-refractivity contribution in [1.29, 1.82) is 0 Å². The molecule has 1 aliphatic carbocycles. The summed E-state index contributed by atoms with van der Waals surface area (Å²) in [6.07, 6.45) is 8.40. The van der Waals surface area contributed by atoms with Crippen molar-refractivity contribution in [3.63, 3.8) is 0 Å². The van der Waals surface area contributed by atoms with Crippen LogP contribution in [0.15, 0.2) is 18.2 Å². The molecule has 0 radical (unpaired) electrons. The lowest BCUT2D eigenvalue weighted by Gasteiger charge is -2.07. The Bertz CT molecular complexity index is 362. The van der Waals surface area contributed by atoms with E-state index in [1.807, 2.05) is 0 Å². The molecule has 1 aromatic rings. The summed E-state index contributed by atoms with van der Waals surface area (Å²) < 4.78 is 0. The first kappa shape index (κ1) is 13.6. The van der Waals surface area contributed by atoms with E-state index in [1.165, 1.54) is 37.7 Å². The van der Waals surface area contributed by atoms with Gasteiger partial charge in [0.1, 0.15) is 0 Å². The van der Waals surface area contributed by atoms with Crippen LogP contribution in [0.5, 0.6) is 0 Å². The van der Waals surface area contributed by atoms with E-state index in [4.69, 9.17) is 5.11 Å². The van der Waals surface area contributed by atoms with Gasteiger partial charge in [0, 0.05) is 13.2 Å². The standard InChI is InChI=1S/C16H25NO/c18-11-4-2-1-3-10-17-13-14-8-9-15-6-5-7-16(15)12-14/h8-9,12,17-18H,1-7,10-11,13H2. The van der Waals surface area contributed by atoms with Gasteiger partial charge >= 0.3 is 0 Å². The molecular formula is C16H25NO. The van der Waals surface area contributed by atoms with Crippen molar-refractivity contribution >= 4 is 0 Å². The van der Waals surface area contributed by atoms with Crippen LogP contribution in [0.25, 0.3) is 0 Å². The highest BCUT2D eigenvalue weighted by molar-refractivity contribution is 5.35. The molecule has 1 aliphatic rings. The van der Waals surface area contributed by atoms with E-state index < -0.39 is 0 Å². The topological polar surface area (TPSA) is 32.3 Å². The second kappa shape index (κ2) is 7.55. The summed E-state index contributed by atoms with van der Waals surface area (Å²) in [6.45, 7) is 2.42. The van der Waals surface area contributed by atoms with Gasteiger partial charge in [-0.1, -0.05) is 31.0 Å². The van der Waals surface area contributed by atoms with Crippen LogP contribution in [0, 0.1) is 0 Å². The molecule has 0 atom stereocenters. The van der Waals surface area contributed by atoms with E-state index in [-0.39, 0.29) is 0 Å². The van der Waals surface area contributed by atoms with E-state index in [1.54, 1.807) is 11.1 Å². The number of nitrogens with one attached hydrogen (secondary N) is 1. The van der Waals surface area contributed by atoms with E-state index in [2.05, 4.69) is 23.5 Å². The average molecular weight is 247 g/mol. The summed E-state index contributed by atoms with van der Waals surface area (Å²) in [5.41, 5.74) is 4.55. The van der Waals surface area contributed by atoms with Crippen LogP contribution < -0.4 is 5.32 Å². The molecule has 18 heavy (non-hydrogen) atoms. The number of aliphatic hydroxyl groups excluding tert-OH is 1. The van der Waals surface area contributed by atoms with Crippen molar-refractivity contribution in [2.75, 3.05) is 13.2 Å². The monoisotopic (exact) mass is 247 g/mol. The van der Waals surface area contributed by atoms with Gasteiger partial charge in [0.2, 0.25) is 0 Å². The maximum atomic E-state index is 8.68. The van der Waals surface area contributed by atoms with Crippen LogP contribution in [-0.4, -0.2) is 18.3 Å². The third-order valence-electron chi connectivity index (χ3n) is 3.75. The van der Waals surface area contributed by atoms with Crippen molar-refractivity contribution in [2.24, 2.45) is 0 Å². The van der Waals surface area contributed by atoms with Gasteiger partial charge in [-0.3, -0.25) is 0 Å². The predicted molar refractivity (Wildman–Crippen MR) is 75.7 cm³/mol. The van der Waals surface area contributed by atoms with Gasteiger partial charge in [0.25, 0.3) is 0 Å². The Balaban J connectivity index is 1.62. The normalized spacial score (nSPS) is 13.8. The smallest absolute Gasteiger partial charge is 0.0431 e. The molecule has 0 bridgehead atoms. The number of fused-ring (bicyclic) bond motifs is 1. The summed E-state index contributed by atoms with van der Waals surface area (Å²) in [4.78, 5) is 0. The minimum atomic E-state index is 0.336. The second-order valence-corrected chi connectivity index (χ2v) is 5.27. The van der Waals surface area contributed by atoms with Crippen LogP contribution in [0.2, 0.25) is 0 Å². The molecule has 0 aliphatic heterocycles. The quantitative estimate of drug-likeness (QED) is 0.692. The van der Waals surface area contributed by atoms with E-state index >= 15 is 0 Å². The Labute approximate surface area is 110 Å². The summed E-state index contributed by atoms with van der Waals surface area (Å²) in [5, 5.41) is 12.2. The first-order valence-corrected chi connectivity index (χ1v) is 7.32. The van der Waals surface area contributed by atoms with Crippen molar-refractivity contribution in [3.8, 4) is 0 Å². The van der Waals surface area contributed by atoms with Crippen LogP contribution in [0.4, 0.5) is 0 Å². The maximum absolute atomic E-state index is 8.68. The number of hydrogen-bond donors (Lipinski definition) is 2. The molecule has 2 nitrogen and oxygen atoms in total. The number of aliphatic hydroxyl groups is 1. The molecule has 0 aromatic heterocycles. The average Bonchev–Trinajstić information content (AvgIpc) is 2.85. The van der Waals surface area contributed by atoms with Crippen molar-refractivity contribution in [2.45, 2.75) is 51.5 Å². The fourth-order valence-corrected chi connectivity index (χ4v) is 2.68. The van der Waals surface area contributed by atoms with Crippen molar-refractivity contribution in [3.05, 3.63) is 34.9 Å². The minimum Gasteiger partial charge on any atom is -0.396 e. The first-order chi connectivity index (χ1) is 8.90. The molecule has 0 saturated heterocycles. The lowest BCUT2D eigenvalue weighted by molar-refractivity contribution is 0.282. The van der Waals surface area contributed by atoms with Crippen LogP contribution in [0.1, 0.15) is 48.8 Å². The van der Waals surface area contributed by atoms with E-state index in [0.29, 0.717) is 6.61 Å². The lowest BCUT2D eigenvalue weighted by Crippen LogP contribution is -2.14. The van der Waals surface area contributed by atoms with Gasteiger partial charge in [-0.05, 0) is 55.3 Å². The Hall–Kier alpha value is -0.860. The number of benzene rings is 1. The number of unbranched alkanes of at least 4 members (excludes halogenated alkanes) is 3. The Kier molecular flexibility index (Phi) is 5.69. The van der Waals surface area contributed by atoms with Crippen LogP contribution in [-0.2, 0) is 19.4 Å². The van der Waals surface area contributed by atoms with Gasteiger partial charge in [-0.15, -0.1) is 0 Å². The molecule has 2 rings (SSSR count). The van der Waals surface area contributed by atoms with Crippen molar-refractivity contribution in [1.82, 2.24) is 5.32 Å². The zero-order chi connectivity index (χ0) is 12.6. The van der Waals surface area contributed by atoms with Crippen LogP contribution >= 0.6 is 0 Å². The SMILES string of the molecule is OCCCCCCNCc1ccc2c(c1)CCC2. The highest BCUT2D eigenvalue weighted by Crippen LogP contribution is 2.22. The summed E-state index contributed by atoms with van der Waals surface area (Å²) >= 11 is 0. The van der Waals surface area contributed by atoms with Gasteiger partial charge < -0.3 is 10.4 Å². The molecule has 0 unspecified atom stereocenters. The van der Waals surface area contributed by atoms with E-state index in [0.717, 1.165) is 25.9 Å². The minimum absolute atomic E-state index is 0.336. The Morgan fingerprint density at radius 3 is 2.72 bits per heavy atom. The Morgan fingerprint density at radius 1 is 1.00 bits per heavy atom. The Morgan fingerprint density at radius 2 is 1.83 bits per heavy atom. The fraction of sp³-hybridized carbons (Fsp3) is 0.625. The van der Waals surface area contributed by atoms with Gasteiger partial charge in [-0.2, -0.15) is 0 Å². The predicted octanol–water partition coefficient (Wildman–Crippen LogP) is 2.82. The molecule has 0 heterocycles. The molecular weight excluding hydrogens is 222 g/mol. The molecule has 2 N–H and O–H groups in total. The highest BCUT2D eigenvalue weighted by atomic mass is 16.2. The first-order valence-electron chi connectivity index (χ1n) is 7.32.